The maximum Gasteiger partial charge on any atom is 0.251 e. The zero-order valence-corrected chi connectivity index (χ0v) is 11.5. The molecule has 114 valence electrons. The fraction of sp³-hybridized carbons (Fsp3) is 0.357. The standard InChI is InChI=1S/C14H18FN3O3/c15-9-12(19)17-8-4-7-11(13(16)20)18-14(21)10-5-2-1-3-6-10/h1-3,5-6,11H,4,7-9H2,(H2,16,20)(H,17,19)(H,18,21). The monoisotopic (exact) mass is 295 g/mol. The van der Waals surface area contributed by atoms with Crippen molar-refractivity contribution < 1.29 is 18.8 Å². The molecular weight excluding hydrogens is 277 g/mol. The fourth-order valence-electron chi connectivity index (χ4n) is 1.70. The third-order valence-corrected chi connectivity index (χ3v) is 2.80. The van der Waals surface area contributed by atoms with Crippen molar-refractivity contribution in [2.75, 3.05) is 13.2 Å². The van der Waals surface area contributed by atoms with Crippen LogP contribution in [0, 0.1) is 0 Å². The van der Waals surface area contributed by atoms with Crippen LogP contribution in [0.15, 0.2) is 30.3 Å². The normalized spacial score (nSPS) is 11.5. The molecule has 0 aliphatic carbocycles. The molecule has 0 saturated heterocycles. The number of amides is 3. The van der Waals surface area contributed by atoms with E-state index in [1.54, 1.807) is 30.3 Å². The smallest absolute Gasteiger partial charge is 0.251 e. The van der Waals surface area contributed by atoms with Gasteiger partial charge in [-0.2, -0.15) is 0 Å². The van der Waals surface area contributed by atoms with Crippen LogP contribution in [-0.4, -0.2) is 37.0 Å². The summed E-state index contributed by atoms with van der Waals surface area (Å²) in [5, 5.41) is 4.87. The van der Waals surface area contributed by atoms with Crippen molar-refractivity contribution in [2.45, 2.75) is 18.9 Å². The van der Waals surface area contributed by atoms with Crippen LogP contribution in [-0.2, 0) is 9.59 Å². The summed E-state index contributed by atoms with van der Waals surface area (Å²) in [4.78, 5) is 33.9. The second-order valence-corrected chi connectivity index (χ2v) is 4.42. The van der Waals surface area contributed by atoms with Crippen LogP contribution in [0.25, 0.3) is 0 Å². The van der Waals surface area contributed by atoms with Crippen LogP contribution < -0.4 is 16.4 Å². The predicted octanol–water partition coefficient (Wildman–Crippen LogP) is 0.136. The van der Waals surface area contributed by atoms with Crippen LogP contribution in [0.3, 0.4) is 0 Å². The molecule has 0 bridgehead atoms. The van der Waals surface area contributed by atoms with E-state index >= 15 is 0 Å². The first kappa shape index (κ1) is 16.6. The lowest BCUT2D eigenvalue weighted by molar-refractivity contribution is -0.121. The van der Waals surface area contributed by atoms with E-state index in [1.165, 1.54) is 0 Å². The first-order chi connectivity index (χ1) is 10.0. The molecule has 0 saturated carbocycles. The minimum Gasteiger partial charge on any atom is -0.368 e. The summed E-state index contributed by atoms with van der Waals surface area (Å²) in [6.07, 6.45) is 0.662. The van der Waals surface area contributed by atoms with Gasteiger partial charge in [0.15, 0.2) is 6.67 Å². The van der Waals surface area contributed by atoms with Crippen molar-refractivity contribution in [1.29, 1.82) is 0 Å². The summed E-state index contributed by atoms with van der Waals surface area (Å²) in [6, 6.07) is 7.60. The zero-order chi connectivity index (χ0) is 15.7. The molecule has 3 amide bonds. The second kappa shape index (κ2) is 8.68. The van der Waals surface area contributed by atoms with E-state index in [9.17, 15) is 18.8 Å². The molecular formula is C14H18FN3O3. The number of carbonyl (C=O) groups excluding carboxylic acids is 3. The SMILES string of the molecule is NC(=O)C(CCCNC(=O)CF)NC(=O)c1ccccc1. The molecule has 0 heterocycles. The summed E-state index contributed by atoms with van der Waals surface area (Å²) in [5.41, 5.74) is 5.66. The summed E-state index contributed by atoms with van der Waals surface area (Å²) in [7, 11) is 0. The minimum atomic E-state index is -1.08. The Morgan fingerprint density at radius 1 is 1.19 bits per heavy atom. The Labute approximate surface area is 121 Å². The molecule has 0 aliphatic heterocycles. The Kier molecular flexibility index (Phi) is 6.86. The van der Waals surface area contributed by atoms with Crippen molar-refractivity contribution in [3.63, 3.8) is 0 Å². The molecule has 0 aromatic heterocycles. The summed E-state index contributed by atoms with van der Waals surface area (Å²) in [5.74, 6) is -1.76. The molecule has 1 atom stereocenters. The van der Waals surface area contributed by atoms with E-state index in [0.717, 1.165) is 0 Å². The first-order valence-electron chi connectivity index (χ1n) is 6.52. The first-order valence-corrected chi connectivity index (χ1v) is 6.52. The van der Waals surface area contributed by atoms with Gasteiger partial charge in [0.25, 0.3) is 11.8 Å². The molecule has 1 unspecified atom stereocenters. The van der Waals surface area contributed by atoms with Crippen molar-refractivity contribution >= 4 is 17.7 Å². The lowest BCUT2D eigenvalue weighted by atomic mass is 10.1. The van der Waals surface area contributed by atoms with E-state index in [1.807, 2.05) is 0 Å². The molecule has 0 fully saturated rings. The van der Waals surface area contributed by atoms with Crippen molar-refractivity contribution in [2.24, 2.45) is 5.73 Å². The van der Waals surface area contributed by atoms with Gasteiger partial charge in [0, 0.05) is 12.1 Å². The third kappa shape index (κ3) is 6.03. The van der Waals surface area contributed by atoms with Gasteiger partial charge in [-0.05, 0) is 25.0 Å². The van der Waals surface area contributed by atoms with Crippen LogP contribution in [0.4, 0.5) is 4.39 Å². The van der Waals surface area contributed by atoms with Crippen molar-refractivity contribution in [1.82, 2.24) is 10.6 Å². The van der Waals surface area contributed by atoms with E-state index in [-0.39, 0.29) is 13.0 Å². The van der Waals surface area contributed by atoms with Gasteiger partial charge >= 0.3 is 0 Å². The molecule has 0 radical (unpaired) electrons. The highest BCUT2D eigenvalue weighted by molar-refractivity contribution is 5.97. The Morgan fingerprint density at radius 3 is 2.43 bits per heavy atom. The van der Waals surface area contributed by atoms with Gasteiger partial charge in [-0.15, -0.1) is 0 Å². The summed E-state index contributed by atoms with van der Waals surface area (Å²) >= 11 is 0. The maximum atomic E-state index is 11.9. The Hall–Kier alpha value is -2.44. The van der Waals surface area contributed by atoms with Gasteiger partial charge in [0.2, 0.25) is 5.91 Å². The number of carbonyl (C=O) groups is 3. The zero-order valence-electron chi connectivity index (χ0n) is 11.5. The molecule has 4 N–H and O–H groups in total. The fourth-order valence-corrected chi connectivity index (χ4v) is 1.70. The summed E-state index contributed by atoms with van der Waals surface area (Å²) < 4.78 is 11.9. The van der Waals surface area contributed by atoms with E-state index in [4.69, 9.17) is 5.73 Å². The number of nitrogens with one attached hydrogen (secondary N) is 2. The van der Waals surface area contributed by atoms with E-state index < -0.39 is 30.4 Å². The van der Waals surface area contributed by atoms with E-state index in [0.29, 0.717) is 12.0 Å². The van der Waals surface area contributed by atoms with E-state index in [2.05, 4.69) is 10.6 Å². The van der Waals surface area contributed by atoms with Crippen LogP contribution >= 0.6 is 0 Å². The highest BCUT2D eigenvalue weighted by Crippen LogP contribution is 2.02. The molecule has 1 rings (SSSR count). The van der Waals surface area contributed by atoms with Crippen molar-refractivity contribution in [3.05, 3.63) is 35.9 Å². The molecule has 1 aromatic rings. The second-order valence-electron chi connectivity index (χ2n) is 4.42. The van der Waals surface area contributed by atoms with Gasteiger partial charge < -0.3 is 16.4 Å². The largest absolute Gasteiger partial charge is 0.368 e. The quantitative estimate of drug-likeness (QED) is 0.594. The summed E-state index contributed by atoms with van der Waals surface area (Å²) in [6.45, 7) is -0.863. The number of nitrogens with two attached hydrogens (primary N) is 1. The third-order valence-electron chi connectivity index (χ3n) is 2.80. The molecule has 0 spiro atoms. The number of hydrogen-bond acceptors (Lipinski definition) is 3. The number of rotatable bonds is 8. The van der Waals surface area contributed by atoms with Crippen LogP contribution in [0.1, 0.15) is 23.2 Å². The predicted molar refractivity (Wildman–Crippen MR) is 75.1 cm³/mol. The molecule has 1 aromatic carbocycles. The number of alkyl halides is 1. The topological polar surface area (TPSA) is 101 Å². The molecule has 7 heteroatoms. The highest BCUT2D eigenvalue weighted by Gasteiger charge is 2.18. The number of halogens is 1. The Balaban J connectivity index is 2.45. The minimum absolute atomic E-state index is 0.216. The number of primary amides is 1. The van der Waals surface area contributed by atoms with Gasteiger partial charge in [-0.3, -0.25) is 14.4 Å². The average Bonchev–Trinajstić information content (AvgIpc) is 2.50. The lowest BCUT2D eigenvalue weighted by Gasteiger charge is -2.15. The maximum absolute atomic E-state index is 11.9. The molecule has 0 aliphatic rings. The van der Waals surface area contributed by atoms with Crippen LogP contribution in [0.5, 0.6) is 0 Å². The van der Waals surface area contributed by atoms with Crippen LogP contribution in [0.2, 0.25) is 0 Å². The average molecular weight is 295 g/mol. The van der Waals surface area contributed by atoms with Gasteiger partial charge in [0.1, 0.15) is 6.04 Å². The van der Waals surface area contributed by atoms with Gasteiger partial charge in [-0.1, -0.05) is 18.2 Å². The lowest BCUT2D eigenvalue weighted by Crippen LogP contribution is -2.44. The molecule has 21 heavy (non-hydrogen) atoms. The van der Waals surface area contributed by atoms with Gasteiger partial charge in [-0.25, -0.2) is 4.39 Å². The van der Waals surface area contributed by atoms with Crippen molar-refractivity contribution in [3.8, 4) is 0 Å². The molecule has 6 nitrogen and oxygen atoms in total. The number of benzene rings is 1. The number of hydrogen-bond donors (Lipinski definition) is 3. The Bertz CT molecular complexity index is 493. The van der Waals surface area contributed by atoms with Gasteiger partial charge in [0.05, 0.1) is 0 Å². The highest BCUT2D eigenvalue weighted by atomic mass is 19.1. The Morgan fingerprint density at radius 2 is 1.86 bits per heavy atom.